The van der Waals surface area contributed by atoms with Crippen molar-refractivity contribution in [2.75, 3.05) is 46.9 Å². The molecule has 0 radical (unpaired) electrons. The van der Waals surface area contributed by atoms with Crippen LogP contribution in [0.1, 0.15) is 33.2 Å². The number of benzene rings is 3. The molecule has 0 spiro atoms. The minimum absolute atomic E-state index is 0.0635. The van der Waals surface area contributed by atoms with Crippen LogP contribution in [0.4, 0.5) is 4.79 Å². The lowest BCUT2D eigenvalue weighted by Crippen LogP contribution is -2.52. The molecule has 0 saturated carbocycles. The van der Waals surface area contributed by atoms with Crippen molar-refractivity contribution in [3.8, 4) is 5.75 Å². The minimum atomic E-state index is -0.366. The van der Waals surface area contributed by atoms with Crippen LogP contribution in [0.15, 0.2) is 72.8 Å². The number of carbonyl (C=O) groups excluding carboxylic acids is 2. The molecular weight excluding hydrogens is 518 g/mol. The van der Waals surface area contributed by atoms with Gasteiger partial charge in [-0.2, -0.15) is 0 Å². The molecule has 1 aliphatic heterocycles. The van der Waals surface area contributed by atoms with Crippen LogP contribution in [0.3, 0.4) is 0 Å². The van der Waals surface area contributed by atoms with Gasteiger partial charge in [-0.05, 0) is 53.1 Å². The van der Waals surface area contributed by atoms with E-state index >= 15 is 0 Å². The summed E-state index contributed by atoms with van der Waals surface area (Å²) in [7, 11) is 3.00. The Bertz CT molecular complexity index is 1210. The van der Waals surface area contributed by atoms with Gasteiger partial charge in [0.15, 0.2) is 0 Å². The molecule has 206 valence electrons. The maximum absolute atomic E-state index is 12.7. The van der Waals surface area contributed by atoms with E-state index in [9.17, 15) is 9.59 Å². The number of halogens is 1. The van der Waals surface area contributed by atoms with Crippen LogP contribution in [-0.4, -0.2) is 68.7 Å². The van der Waals surface area contributed by atoms with Crippen molar-refractivity contribution in [3.05, 3.63) is 100 Å². The molecule has 0 bridgehead atoms. The van der Waals surface area contributed by atoms with E-state index in [4.69, 9.17) is 25.8 Å². The van der Waals surface area contributed by atoms with Crippen molar-refractivity contribution in [2.45, 2.75) is 19.3 Å². The van der Waals surface area contributed by atoms with Crippen molar-refractivity contribution in [3.63, 3.8) is 0 Å². The Balaban J connectivity index is 1.30. The fourth-order valence-electron chi connectivity index (χ4n) is 4.38. The molecular formula is C30H34ClN3O5. The third kappa shape index (κ3) is 8.20. The largest absolute Gasteiger partial charge is 0.497 e. The Morgan fingerprint density at radius 1 is 0.872 bits per heavy atom. The molecule has 0 unspecified atom stereocenters. The SMILES string of the molecule is COC(=O)c1ccc(CO[C@H](CN2CCN(C(=O)NCc3ccc(OC)cc3)CC2)c2ccc(Cl)cc2)cc1. The highest BCUT2D eigenvalue weighted by Gasteiger charge is 2.24. The number of hydrogen-bond donors (Lipinski definition) is 1. The maximum Gasteiger partial charge on any atom is 0.337 e. The molecule has 1 heterocycles. The first kappa shape index (κ1) is 28.4. The summed E-state index contributed by atoms with van der Waals surface area (Å²) < 4.78 is 16.3. The lowest BCUT2D eigenvalue weighted by Gasteiger charge is -2.36. The zero-order valence-electron chi connectivity index (χ0n) is 22.3. The number of hydrogen-bond acceptors (Lipinski definition) is 6. The average Bonchev–Trinajstić information content (AvgIpc) is 2.99. The van der Waals surface area contributed by atoms with Crippen molar-refractivity contribution in [1.82, 2.24) is 15.1 Å². The van der Waals surface area contributed by atoms with Gasteiger partial charge in [-0.25, -0.2) is 9.59 Å². The summed E-state index contributed by atoms with van der Waals surface area (Å²) >= 11 is 6.12. The molecule has 0 aromatic heterocycles. The van der Waals surface area contributed by atoms with Crippen LogP contribution < -0.4 is 10.1 Å². The van der Waals surface area contributed by atoms with Crippen LogP contribution in [0.2, 0.25) is 5.02 Å². The van der Waals surface area contributed by atoms with E-state index in [1.807, 2.05) is 65.6 Å². The standard InChI is InChI=1S/C30H34ClN3O5/c1-37-27-13-5-22(6-14-27)19-32-30(36)34-17-15-33(16-18-34)20-28(24-9-11-26(31)12-10-24)39-21-23-3-7-25(8-4-23)29(35)38-2/h3-14,28H,15-21H2,1-2H3,(H,32,36)/t28-/m1/s1. The smallest absolute Gasteiger partial charge is 0.337 e. The number of piperazine rings is 1. The second kappa shape index (κ2) is 14.0. The van der Waals surface area contributed by atoms with Crippen LogP contribution >= 0.6 is 11.6 Å². The van der Waals surface area contributed by atoms with E-state index in [0.29, 0.717) is 43.4 Å². The highest BCUT2D eigenvalue weighted by molar-refractivity contribution is 6.30. The number of amides is 2. The van der Waals surface area contributed by atoms with E-state index in [0.717, 1.165) is 35.5 Å². The van der Waals surface area contributed by atoms with Crippen molar-refractivity contribution in [1.29, 1.82) is 0 Å². The molecule has 1 aliphatic rings. The Morgan fingerprint density at radius 2 is 1.51 bits per heavy atom. The van der Waals surface area contributed by atoms with E-state index in [-0.39, 0.29) is 18.1 Å². The zero-order chi connectivity index (χ0) is 27.6. The van der Waals surface area contributed by atoms with E-state index in [1.54, 1.807) is 19.2 Å². The first-order valence-corrected chi connectivity index (χ1v) is 13.3. The number of ether oxygens (including phenoxy) is 3. The van der Waals surface area contributed by atoms with Crippen molar-refractivity contribution >= 4 is 23.6 Å². The average molecular weight is 552 g/mol. The molecule has 1 N–H and O–H groups in total. The van der Waals surface area contributed by atoms with Gasteiger partial charge in [0.1, 0.15) is 5.75 Å². The molecule has 1 saturated heterocycles. The number of rotatable bonds is 10. The van der Waals surface area contributed by atoms with Gasteiger partial charge in [0.25, 0.3) is 0 Å². The monoisotopic (exact) mass is 551 g/mol. The number of urea groups is 1. The second-order valence-corrected chi connectivity index (χ2v) is 9.77. The van der Waals surface area contributed by atoms with Gasteiger partial charge in [-0.3, -0.25) is 4.90 Å². The van der Waals surface area contributed by atoms with Crippen molar-refractivity contribution < 1.29 is 23.8 Å². The first-order valence-electron chi connectivity index (χ1n) is 12.9. The summed E-state index contributed by atoms with van der Waals surface area (Å²) in [4.78, 5) is 28.6. The number of nitrogens with one attached hydrogen (secondary N) is 1. The predicted molar refractivity (Wildman–Crippen MR) is 150 cm³/mol. The van der Waals surface area contributed by atoms with Gasteiger partial charge >= 0.3 is 12.0 Å². The Hall–Kier alpha value is -3.59. The summed E-state index contributed by atoms with van der Waals surface area (Å²) in [6, 6.07) is 22.5. The molecule has 4 rings (SSSR count). The quantitative estimate of drug-likeness (QED) is 0.360. The Kier molecular flexibility index (Phi) is 10.2. The molecule has 39 heavy (non-hydrogen) atoms. The van der Waals surface area contributed by atoms with Gasteiger partial charge in [-0.1, -0.05) is 48.0 Å². The normalized spacial score (nSPS) is 14.5. The topological polar surface area (TPSA) is 80.3 Å². The second-order valence-electron chi connectivity index (χ2n) is 9.33. The van der Waals surface area contributed by atoms with Crippen molar-refractivity contribution in [2.24, 2.45) is 0 Å². The molecule has 3 aromatic carbocycles. The molecule has 3 aromatic rings. The lowest BCUT2D eigenvalue weighted by molar-refractivity contribution is 0.00554. The molecule has 1 atom stereocenters. The fraction of sp³-hybridized carbons (Fsp3) is 0.333. The maximum atomic E-state index is 12.7. The van der Waals surface area contributed by atoms with Gasteiger partial charge in [0.05, 0.1) is 32.5 Å². The fourth-order valence-corrected chi connectivity index (χ4v) is 4.51. The van der Waals surface area contributed by atoms with Gasteiger partial charge in [-0.15, -0.1) is 0 Å². The molecule has 8 nitrogen and oxygen atoms in total. The molecule has 1 fully saturated rings. The molecule has 2 amide bonds. The summed E-state index contributed by atoms with van der Waals surface area (Å²) in [6.45, 7) is 4.31. The Labute approximate surface area is 234 Å². The lowest BCUT2D eigenvalue weighted by atomic mass is 10.1. The van der Waals surface area contributed by atoms with E-state index < -0.39 is 0 Å². The highest BCUT2D eigenvalue weighted by Crippen LogP contribution is 2.24. The predicted octanol–water partition coefficient (Wildman–Crippen LogP) is 4.92. The number of esters is 1. The summed E-state index contributed by atoms with van der Waals surface area (Å²) in [5.41, 5.74) is 3.51. The number of nitrogens with zero attached hydrogens (tertiary/aromatic N) is 2. The summed E-state index contributed by atoms with van der Waals surface area (Å²) in [6.07, 6.45) is -0.182. The number of carbonyl (C=O) groups is 2. The third-order valence-electron chi connectivity index (χ3n) is 6.75. The van der Waals surface area contributed by atoms with E-state index in [2.05, 4.69) is 10.2 Å². The van der Waals surface area contributed by atoms with Crippen LogP contribution in [0.5, 0.6) is 5.75 Å². The number of methoxy groups -OCH3 is 2. The third-order valence-corrected chi connectivity index (χ3v) is 7.01. The molecule has 0 aliphatic carbocycles. The zero-order valence-corrected chi connectivity index (χ0v) is 23.0. The molecule has 9 heteroatoms. The van der Waals surface area contributed by atoms with Gasteiger partial charge < -0.3 is 24.4 Å². The highest BCUT2D eigenvalue weighted by atomic mass is 35.5. The summed E-state index contributed by atoms with van der Waals surface area (Å²) in [5, 5.41) is 3.68. The van der Waals surface area contributed by atoms with Gasteiger partial charge in [0.2, 0.25) is 0 Å². The van der Waals surface area contributed by atoms with Crippen LogP contribution in [0, 0.1) is 0 Å². The van der Waals surface area contributed by atoms with Gasteiger partial charge in [0, 0.05) is 44.3 Å². The van der Waals surface area contributed by atoms with Crippen LogP contribution in [-0.2, 0) is 22.6 Å². The Morgan fingerprint density at radius 3 is 2.13 bits per heavy atom. The summed E-state index contributed by atoms with van der Waals surface area (Å²) in [5.74, 6) is 0.425. The minimum Gasteiger partial charge on any atom is -0.497 e. The van der Waals surface area contributed by atoms with E-state index in [1.165, 1.54) is 7.11 Å². The van der Waals surface area contributed by atoms with Crippen LogP contribution in [0.25, 0.3) is 0 Å². The first-order chi connectivity index (χ1) is 18.9.